The number of hydrogen-bond acceptors (Lipinski definition) is 4. The van der Waals surface area contributed by atoms with E-state index in [2.05, 4.69) is 45.8 Å². The maximum absolute atomic E-state index is 11.6. The number of rotatable bonds is 8. The standard InChI is InChI=1S/C16H30N2O4Si/c1-12(2)16(4,5)23(6,7)22-9-8-21-11-18-10-13(3)14(19)17-15(18)20/h10,12H,8-9,11H2,1-7H3,(H,17,19,20). The highest BCUT2D eigenvalue weighted by Gasteiger charge is 2.43. The molecule has 1 heterocycles. The van der Waals surface area contributed by atoms with Crippen LogP contribution in [0.25, 0.3) is 0 Å². The molecule has 0 unspecified atom stereocenters. The molecular formula is C16H30N2O4Si. The lowest BCUT2D eigenvalue weighted by atomic mass is 9.99. The fourth-order valence-electron chi connectivity index (χ4n) is 2.11. The highest BCUT2D eigenvalue weighted by molar-refractivity contribution is 6.74. The Kier molecular flexibility index (Phi) is 6.56. The van der Waals surface area contributed by atoms with Gasteiger partial charge < -0.3 is 9.16 Å². The Morgan fingerprint density at radius 1 is 1.26 bits per heavy atom. The summed E-state index contributed by atoms with van der Waals surface area (Å²) in [5.74, 6) is 0.549. The minimum Gasteiger partial charge on any atom is -0.414 e. The molecule has 0 aliphatic heterocycles. The second kappa shape index (κ2) is 7.59. The topological polar surface area (TPSA) is 73.3 Å². The van der Waals surface area contributed by atoms with Gasteiger partial charge in [-0.1, -0.05) is 27.7 Å². The first-order valence-corrected chi connectivity index (χ1v) is 10.9. The summed E-state index contributed by atoms with van der Waals surface area (Å²) in [5.41, 5.74) is -0.341. The van der Waals surface area contributed by atoms with Crippen molar-refractivity contribution in [1.82, 2.24) is 9.55 Å². The van der Waals surface area contributed by atoms with Crippen LogP contribution in [-0.2, 0) is 15.9 Å². The van der Waals surface area contributed by atoms with Crippen molar-refractivity contribution in [3.63, 3.8) is 0 Å². The molecule has 23 heavy (non-hydrogen) atoms. The first-order valence-electron chi connectivity index (χ1n) is 8.01. The van der Waals surface area contributed by atoms with Crippen LogP contribution in [0.4, 0.5) is 0 Å². The molecule has 1 aromatic rings. The summed E-state index contributed by atoms with van der Waals surface area (Å²) in [6, 6.07) is 0. The van der Waals surface area contributed by atoms with E-state index in [-0.39, 0.29) is 17.3 Å². The van der Waals surface area contributed by atoms with Crippen LogP contribution in [0.2, 0.25) is 18.1 Å². The summed E-state index contributed by atoms with van der Waals surface area (Å²) >= 11 is 0. The quantitative estimate of drug-likeness (QED) is 0.582. The van der Waals surface area contributed by atoms with E-state index < -0.39 is 14.0 Å². The largest absolute Gasteiger partial charge is 0.414 e. The molecule has 7 heteroatoms. The van der Waals surface area contributed by atoms with Crippen LogP contribution in [0.15, 0.2) is 15.8 Å². The Bertz CT molecular complexity index is 632. The third kappa shape index (κ3) is 4.89. The molecule has 1 N–H and O–H groups in total. The van der Waals surface area contributed by atoms with Crippen molar-refractivity contribution in [3.8, 4) is 0 Å². The van der Waals surface area contributed by atoms with E-state index in [4.69, 9.17) is 9.16 Å². The number of aromatic amines is 1. The van der Waals surface area contributed by atoms with Gasteiger partial charge in [-0.3, -0.25) is 14.3 Å². The highest BCUT2D eigenvalue weighted by Crippen LogP contribution is 2.44. The fraction of sp³-hybridized carbons (Fsp3) is 0.750. The van der Waals surface area contributed by atoms with Crippen molar-refractivity contribution in [2.24, 2.45) is 5.92 Å². The van der Waals surface area contributed by atoms with Gasteiger partial charge in [0.2, 0.25) is 0 Å². The van der Waals surface area contributed by atoms with Gasteiger partial charge in [-0.25, -0.2) is 4.79 Å². The summed E-state index contributed by atoms with van der Waals surface area (Å²) in [6.45, 7) is 16.1. The van der Waals surface area contributed by atoms with Crippen molar-refractivity contribution in [2.75, 3.05) is 13.2 Å². The molecule has 0 amide bonds. The van der Waals surface area contributed by atoms with Crippen LogP contribution in [0.3, 0.4) is 0 Å². The molecule has 0 fully saturated rings. The second-order valence-electron chi connectivity index (χ2n) is 7.31. The maximum Gasteiger partial charge on any atom is 0.330 e. The number of ether oxygens (including phenoxy) is 1. The minimum absolute atomic E-state index is 0.107. The number of H-pyrrole nitrogens is 1. The SMILES string of the molecule is Cc1cn(COCCO[Si](C)(C)C(C)(C)C(C)C)c(=O)[nH]c1=O. The first-order chi connectivity index (χ1) is 10.5. The molecule has 0 atom stereocenters. The van der Waals surface area contributed by atoms with Crippen LogP contribution in [0.5, 0.6) is 0 Å². The Hall–Kier alpha value is -1.18. The van der Waals surface area contributed by atoms with Crippen LogP contribution < -0.4 is 11.2 Å². The van der Waals surface area contributed by atoms with Crippen LogP contribution >= 0.6 is 0 Å². The van der Waals surface area contributed by atoms with Crippen LogP contribution in [0, 0.1) is 12.8 Å². The van der Waals surface area contributed by atoms with Gasteiger partial charge in [-0.05, 0) is 31.0 Å². The lowest BCUT2D eigenvalue weighted by molar-refractivity contribution is 0.0474. The van der Waals surface area contributed by atoms with Gasteiger partial charge >= 0.3 is 5.69 Å². The lowest BCUT2D eigenvalue weighted by Crippen LogP contribution is -2.45. The van der Waals surface area contributed by atoms with Crippen molar-refractivity contribution in [1.29, 1.82) is 0 Å². The molecule has 1 aromatic heterocycles. The first kappa shape index (κ1) is 19.9. The molecule has 132 valence electrons. The van der Waals surface area contributed by atoms with Gasteiger partial charge in [0.05, 0.1) is 13.2 Å². The summed E-state index contributed by atoms with van der Waals surface area (Å²) in [7, 11) is -1.85. The Morgan fingerprint density at radius 3 is 2.43 bits per heavy atom. The third-order valence-electron chi connectivity index (χ3n) is 5.11. The number of aromatic nitrogens is 2. The molecule has 1 rings (SSSR count). The number of nitrogens with one attached hydrogen (secondary N) is 1. The van der Waals surface area contributed by atoms with Crippen molar-refractivity contribution in [3.05, 3.63) is 32.6 Å². The molecular weight excluding hydrogens is 312 g/mol. The zero-order chi connectivity index (χ0) is 17.8. The Balaban J connectivity index is 2.49. The zero-order valence-electron chi connectivity index (χ0n) is 15.4. The fourth-order valence-corrected chi connectivity index (χ4v) is 4.47. The van der Waals surface area contributed by atoms with E-state index in [1.807, 2.05) is 0 Å². The highest BCUT2D eigenvalue weighted by atomic mass is 28.4. The normalized spacial score (nSPS) is 12.9. The van der Waals surface area contributed by atoms with Gasteiger partial charge in [0.15, 0.2) is 8.32 Å². The molecule has 0 saturated heterocycles. The minimum atomic E-state index is -1.85. The summed E-state index contributed by atoms with van der Waals surface area (Å²) in [4.78, 5) is 25.2. The average Bonchev–Trinajstić information content (AvgIpc) is 2.43. The molecule has 0 aliphatic rings. The van der Waals surface area contributed by atoms with Gasteiger partial charge in [-0.15, -0.1) is 0 Å². The zero-order valence-corrected chi connectivity index (χ0v) is 16.4. The van der Waals surface area contributed by atoms with E-state index in [0.717, 1.165) is 0 Å². The smallest absolute Gasteiger partial charge is 0.330 e. The molecule has 0 aliphatic carbocycles. The van der Waals surface area contributed by atoms with E-state index in [1.54, 1.807) is 6.92 Å². The summed E-state index contributed by atoms with van der Waals surface area (Å²) in [6.07, 6.45) is 1.50. The second-order valence-corrected chi connectivity index (χ2v) is 11.9. The Labute approximate surface area is 139 Å². The Morgan fingerprint density at radius 2 is 1.87 bits per heavy atom. The summed E-state index contributed by atoms with van der Waals surface area (Å²) < 4.78 is 13.0. The lowest BCUT2D eigenvalue weighted by Gasteiger charge is -2.42. The molecule has 0 saturated carbocycles. The van der Waals surface area contributed by atoms with Gasteiger partial charge in [0.25, 0.3) is 5.56 Å². The van der Waals surface area contributed by atoms with Crippen molar-refractivity contribution < 1.29 is 9.16 Å². The monoisotopic (exact) mass is 342 g/mol. The van der Waals surface area contributed by atoms with E-state index in [0.29, 0.717) is 24.7 Å². The number of nitrogens with zero attached hydrogens (tertiary/aromatic N) is 1. The van der Waals surface area contributed by atoms with E-state index >= 15 is 0 Å². The number of hydrogen-bond donors (Lipinski definition) is 1. The predicted molar refractivity (Wildman–Crippen MR) is 94.3 cm³/mol. The summed E-state index contributed by atoms with van der Waals surface area (Å²) in [5, 5.41) is 0.167. The van der Waals surface area contributed by atoms with Crippen molar-refractivity contribution in [2.45, 2.75) is 59.5 Å². The molecule has 0 bridgehead atoms. The number of aryl methyl sites for hydroxylation is 1. The molecule has 0 spiro atoms. The van der Waals surface area contributed by atoms with Crippen molar-refractivity contribution >= 4 is 8.32 Å². The van der Waals surface area contributed by atoms with E-state index in [1.165, 1.54) is 10.8 Å². The average molecular weight is 343 g/mol. The van der Waals surface area contributed by atoms with Crippen LogP contribution in [-0.4, -0.2) is 31.1 Å². The van der Waals surface area contributed by atoms with Crippen LogP contribution in [0.1, 0.15) is 33.3 Å². The molecule has 6 nitrogen and oxygen atoms in total. The van der Waals surface area contributed by atoms with Gasteiger partial charge in [-0.2, -0.15) is 0 Å². The third-order valence-corrected chi connectivity index (χ3v) is 9.71. The van der Waals surface area contributed by atoms with Gasteiger partial charge in [0, 0.05) is 11.8 Å². The maximum atomic E-state index is 11.6. The van der Waals surface area contributed by atoms with E-state index in [9.17, 15) is 9.59 Å². The molecule has 0 radical (unpaired) electrons. The van der Waals surface area contributed by atoms with Gasteiger partial charge in [0.1, 0.15) is 6.73 Å². The molecule has 0 aromatic carbocycles. The predicted octanol–water partition coefficient (Wildman–Crippen LogP) is 2.48.